The summed E-state index contributed by atoms with van der Waals surface area (Å²) in [4.78, 5) is 0. The van der Waals surface area contributed by atoms with Crippen LogP contribution in [0.1, 0.15) is 58.1 Å². The topological polar surface area (TPSA) is 20.2 Å². The molecule has 1 unspecified atom stereocenters. The summed E-state index contributed by atoms with van der Waals surface area (Å²) in [5.74, 6) is 0.813. The van der Waals surface area contributed by atoms with E-state index in [1.807, 2.05) is 6.07 Å². The molecule has 0 heterocycles. The molecule has 0 fully saturated rings. The lowest BCUT2D eigenvalue weighted by molar-refractivity contribution is 0.457. The van der Waals surface area contributed by atoms with E-state index >= 15 is 0 Å². The highest BCUT2D eigenvalue weighted by atomic mass is 79.9. The fourth-order valence-electron chi connectivity index (χ4n) is 1.77. The van der Waals surface area contributed by atoms with Crippen LogP contribution in [0.3, 0.4) is 0 Å². The van der Waals surface area contributed by atoms with Gasteiger partial charge in [-0.15, -0.1) is 0 Å². The van der Waals surface area contributed by atoms with Crippen molar-refractivity contribution in [3.05, 3.63) is 27.7 Å². The van der Waals surface area contributed by atoms with Gasteiger partial charge in [0.15, 0.2) is 0 Å². The SMILES string of the molecule is CCC(C)c1cc(Br)c(C(C)(C)C)cc1O. The molecule has 0 aliphatic heterocycles. The van der Waals surface area contributed by atoms with Crippen LogP contribution in [0, 0.1) is 0 Å². The highest BCUT2D eigenvalue weighted by Gasteiger charge is 2.20. The molecule has 1 rings (SSSR count). The summed E-state index contributed by atoms with van der Waals surface area (Å²) in [6, 6.07) is 3.95. The van der Waals surface area contributed by atoms with E-state index in [0.29, 0.717) is 11.7 Å². The predicted octanol–water partition coefficient (Wildman–Crippen LogP) is 4.97. The Balaban J connectivity index is 3.28. The smallest absolute Gasteiger partial charge is 0.119 e. The summed E-state index contributed by atoms with van der Waals surface area (Å²) >= 11 is 3.60. The molecule has 0 aliphatic rings. The summed E-state index contributed by atoms with van der Waals surface area (Å²) in [7, 11) is 0. The van der Waals surface area contributed by atoms with Crippen LogP contribution in [0.15, 0.2) is 16.6 Å². The van der Waals surface area contributed by atoms with E-state index in [2.05, 4.69) is 56.6 Å². The van der Waals surface area contributed by atoms with E-state index in [4.69, 9.17) is 0 Å². The van der Waals surface area contributed by atoms with E-state index in [-0.39, 0.29) is 5.41 Å². The Morgan fingerprint density at radius 2 is 1.88 bits per heavy atom. The van der Waals surface area contributed by atoms with Crippen molar-refractivity contribution in [3.8, 4) is 5.75 Å². The average Bonchev–Trinajstić information content (AvgIpc) is 2.18. The molecule has 1 nitrogen and oxygen atoms in total. The van der Waals surface area contributed by atoms with Gasteiger partial charge in [-0.25, -0.2) is 0 Å². The van der Waals surface area contributed by atoms with Gasteiger partial charge >= 0.3 is 0 Å². The number of hydrogen-bond acceptors (Lipinski definition) is 1. The van der Waals surface area contributed by atoms with E-state index < -0.39 is 0 Å². The average molecular weight is 285 g/mol. The lowest BCUT2D eigenvalue weighted by Crippen LogP contribution is -2.12. The third kappa shape index (κ3) is 2.79. The minimum Gasteiger partial charge on any atom is -0.508 e. The highest BCUT2D eigenvalue weighted by molar-refractivity contribution is 9.10. The van der Waals surface area contributed by atoms with Gasteiger partial charge in [0.05, 0.1) is 0 Å². The molecule has 16 heavy (non-hydrogen) atoms. The van der Waals surface area contributed by atoms with E-state index in [1.165, 1.54) is 0 Å². The number of aromatic hydroxyl groups is 1. The number of phenolic OH excluding ortho intramolecular Hbond substituents is 1. The number of benzene rings is 1. The molecule has 2 heteroatoms. The zero-order chi connectivity index (χ0) is 12.5. The first kappa shape index (κ1) is 13.6. The van der Waals surface area contributed by atoms with Gasteiger partial charge in [0.2, 0.25) is 0 Å². The zero-order valence-corrected chi connectivity index (χ0v) is 12.4. The van der Waals surface area contributed by atoms with Crippen molar-refractivity contribution in [2.75, 3.05) is 0 Å². The lowest BCUT2D eigenvalue weighted by Gasteiger charge is -2.23. The summed E-state index contributed by atoms with van der Waals surface area (Å²) in [5, 5.41) is 10.1. The van der Waals surface area contributed by atoms with Gasteiger partial charge in [0, 0.05) is 4.47 Å². The first-order valence-electron chi connectivity index (χ1n) is 5.80. The van der Waals surface area contributed by atoms with Crippen molar-refractivity contribution in [1.82, 2.24) is 0 Å². The molecule has 0 radical (unpaired) electrons. The van der Waals surface area contributed by atoms with Gasteiger partial charge in [0.1, 0.15) is 5.75 Å². The second-order valence-corrected chi connectivity index (χ2v) is 6.30. The van der Waals surface area contributed by atoms with Crippen LogP contribution in [-0.2, 0) is 5.41 Å². The number of phenols is 1. The largest absolute Gasteiger partial charge is 0.508 e. The van der Waals surface area contributed by atoms with Gasteiger partial charge in [-0.05, 0) is 41.0 Å². The summed E-state index contributed by atoms with van der Waals surface area (Å²) in [6.07, 6.45) is 1.04. The van der Waals surface area contributed by atoms with Gasteiger partial charge in [-0.3, -0.25) is 0 Å². The fraction of sp³-hybridized carbons (Fsp3) is 0.571. The summed E-state index contributed by atoms with van der Waals surface area (Å²) in [5.41, 5.74) is 2.23. The zero-order valence-electron chi connectivity index (χ0n) is 10.8. The van der Waals surface area contributed by atoms with Gasteiger partial charge in [-0.2, -0.15) is 0 Å². The Morgan fingerprint density at radius 1 is 1.31 bits per heavy atom. The number of hydrogen-bond donors (Lipinski definition) is 1. The Labute approximate surface area is 107 Å². The molecule has 1 N–H and O–H groups in total. The Bertz CT molecular complexity index is 377. The Hall–Kier alpha value is -0.500. The number of halogens is 1. The maximum Gasteiger partial charge on any atom is 0.119 e. The second kappa shape index (κ2) is 4.79. The molecule has 0 aliphatic carbocycles. The van der Waals surface area contributed by atoms with Crippen molar-refractivity contribution >= 4 is 15.9 Å². The quantitative estimate of drug-likeness (QED) is 0.813. The monoisotopic (exact) mass is 284 g/mol. The van der Waals surface area contributed by atoms with Crippen molar-refractivity contribution in [2.45, 2.75) is 52.4 Å². The van der Waals surface area contributed by atoms with Crippen molar-refractivity contribution < 1.29 is 5.11 Å². The van der Waals surface area contributed by atoms with E-state index in [0.717, 1.165) is 22.0 Å². The highest BCUT2D eigenvalue weighted by Crippen LogP contribution is 2.37. The fourth-order valence-corrected chi connectivity index (χ4v) is 2.72. The van der Waals surface area contributed by atoms with Crippen LogP contribution in [0.25, 0.3) is 0 Å². The molecular formula is C14H21BrO. The Kier molecular flexibility index (Phi) is 4.06. The maximum atomic E-state index is 10.1. The molecular weight excluding hydrogens is 264 g/mol. The van der Waals surface area contributed by atoms with Gasteiger partial charge in [-0.1, -0.05) is 50.5 Å². The number of rotatable bonds is 2. The summed E-state index contributed by atoms with van der Waals surface area (Å²) < 4.78 is 1.09. The molecule has 0 spiro atoms. The molecule has 1 aromatic carbocycles. The minimum atomic E-state index is 0.0459. The van der Waals surface area contributed by atoms with Gasteiger partial charge < -0.3 is 5.11 Å². The Morgan fingerprint density at radius 3 is 2.31 bits per heavy atom. The van der Waals surface area contributed by atoms with Crippen LogP contribution in [0.5, 0.6) is 5.75 Å². The maximum absolute atomic E-state index is 10.1. The molecule has 0 saturated heterocycles. The first-order valence-corrected chi connectivity index (χ1v) is 6.59. The molecule has 0 amide bonds. The molecule has 0 bridgehead atoms. The third-order valence-electron chi connectivity index (χ3n) is 3.07. The van der Waals surface area contributed by atoms with Crippen LogP contribution < -0.4 is 0 Å². The van der Waals surface area contributed by atoms with Crippen LogP contribution in [0.4, 0.5) is 0 Å². The lowest BCUT2D eigenvalue weighted by atomic mass is 9.85. The summed E-state index contributed by atoms with van der Waals surface area (Å²) in [6.45, 7) is 10.7. The second-order valence-electron chi connectivity index (χ2n) is 5.45. The molecule has 1 atom stereocenters. The first-order chi connectivity index (χ1) is 7.27. The molecule has 0 saturated carbocycles. The van der Waals surface area contributed by atoms with Crippen LogP contribution in [-0.4, -0.2) is 5.11 Å². The van der Waals surface area contributed by atoms with Crippen molar-refractivity contribution in [3.63, 3.8) is 0 Å². The van der Waals surface area contributed by atoms with Crippen molar-refractivity contribution in [1.29, 1.82) is 0 Å². The molecule has 1 aromatic rings. The van der Waals surface area contributed by atoms with Crippen LogP contribution in [0.2, 0.25) is 0 Å². The molecule has 0 aromatic heterocycles. The van der Waals surface area contributed by atoms with Crippen molar-refractivity contribution in [2.24, 2.45) is 0 Å². The van der Waals surface area contributed by atoms with Crippen LogP contribution >= 0.6 is 15.9 Å². The normalized spacial score (nSPS) is 13.9. The minimum absolute atomic E-state index is 0.0459. The third-order valence-corrected chi connectivity index (χ3v) is 3.72. The predicted molar refractivity (Wildman–Crippen MR) is 73.2 cm³/mol. The molecule has 90 valence electrons. The van der Waals surface area contributed by atoms with Gasteiger partial charge in [0.25, 0.3) is 0 Å². The van der Waals surface area contributed by atoms with E-state index in [9.17, 15) is 5.11 Å². The van der Waals surface area contributed by atoms with E-state index in [1.54, 1.807) is 0 Å². The standard InChI is InChI=1S/C14H21BrO/c1-6-9(2)10-7-12(15)11(8-13(10)16)14(3,4)5/h7-9,16H,6H2,1-5H3.